The van der Waals surface area contributed by atoms with Crippen LogP contribution in [0.25, 0.3) is 0 Å². The highest BCUT2D eigenvalue weighted by molar-refractivity contribution is 9.10. The lowest BCUT2D eigenvalue weighted by molar-refractivity contribution is 0.139. The Kier molecular flexibility index (Phi) is 5.01. The van der Waals surface area contributed by atoms with E-state index in [1.54, 1.807) is 0 Å². The predicted octanol–water partition coefficient (Wildman–Crippen LogP) is 3.02. The molecule has 0 saturated carbocycles. The number of likely N-dealkylation sites (N-methyl/N-ethyl adjacent to an activating group) is 1. The van der Waals surface area contributed by atoms with Crippen LogP contribution in [-0.2, 0) is 6.54 Å². The van der Waals surface area contributed by atoms with Gasteiger partial charge in [0, 0.05) is 23.6 Å². The fourth-order valence-electron chi connectivity index (χ4n) is 2.60. The highest BCUT2D eigenvalue weighted by atomic mass is 79.9. The van der Waals surface area contributed by atoms with Crippen LogP contribution in [0.2, 0.25) is 0 Å². The summed E-state index contributed by atoms with van der Waals surface area (Å²) in [5, 5.41) is 3.31. The Morgan fingerprint density at radius 2 is 2.29 bits per heavy atom. The van der Waals surface area contributed by atoms with Crippen LogP contribution in [0.3, 0.4) is 0 Å². The molecule has 1 aliphatic rings. The standard InChI is InChI=1S/C14H21BrN2/c1-16-10-14-7-2-3-8-17(14)11-12-5-4-6-13(15)9-12/h4-6,9,14,16H,2-3,7-8,10-11H2,1H3. The number of piperidine rings is 1. The average molecular weight is 297 g/mol. The molecule has 1 saturated heterocycles. The van der Waals surface area contributed by atoms with E-state index in [4.69, 9.17) is 0 Å². The molecule has 2 nitrogen and oxygen atoms in total. The molecule has 94 valence electrons. The fourth-order valence-corrected chi connectivity index (χ4v) is 3.05. The molecule has 0 bridgehead atoms. The van der Waals surface area contributed by atoms with Gasteiger partial charge in [0.1, 0.15) is 0 Å². The van der Waals surface area contributed by atoms with Gasteiger partial charge in [-0.2, -0.15) is 0 Å². The number of benzene rings is 1. The van der Waals surface area contributed by atoms with E-state index in [1.165, 1.54) is 35.8 Å². The minimum Gasteiger partial charge on any atom is -0.318 e. The number of nitrogens with one attached hydrogen (secondary N) is 1. The smallest absolute Gasteiger partial charge is 0.0237 e. The first kappa shape index (κ1) is 13.1. The van der Waals surface area contributed by atoms with Crippen molar-refractivity contribution in [2.45, 2.75) is 31.8 Å². The van der Waals surface area contributed by atoms with Gasteiger partial charge in [0.2, 0.25) is 0 Å². The Labute approximate surface area is 113 Å². The summed E-state index contributed by atoms with van der Waals surface area (Å²) in [5.41, 5.74) is 1.40. The molecule has 1 N–H and O–H groups in total. The summed E-state index contributed by atoms with van der Waals surface area (Å²) < 4.78 is 1.18. The maximum absolute atomic E-state index is 3.54. The van der Waals surface area contributed by atoms with Crippen molar-refractivity contribution in [1.82, 2.24) is 10.2 Å². The average Bonchev–Trinajstić information content (AvgIpc) is 2.32. The van der Waals surface area contributed by atoms with Gasteiger partial charge in [-0.15, -0.1) is 0 Å². The van der Waals surface area contributed by atoms with Gasteiger partial charge in [-0.05, 0) is 44.1 Å². The Bertz CT molecular complexity index is 352. The largest absolute Gasteiger partial charge is 0.318 e. The predicted molar refractivity (Wildman–Crippen MR) is 76.1 cm³/mol. The molecule has 1 aromatic carbocycles. The van der Waals surface area contributed by atoms with Gasteiger partial charge in [-0.3, -0.25) is 4.90 Å². The number of nitrogens with zero attached hydrogens (tertiary/aromatic N) is 1. The van der Waals surface area contributed by atoms with Crippen molar-refractivity contribution in [2.24, 2.45) is 0 Å². The topological polar surface area (TPSA) is 15.3 Å². The Morgan fingerprint density at radius 3 is 3.06 bits per heavy atom. The van der Waals surface area contributed by atoms with Crippen LogP contribution in [0.15, 0.2) is 28.7 Å². The molecule has 1 unspecified atom stereocenters. The maximum Gasteiger partial charge on any atom is 0.0237 e. The number of hydrogen-bond donors (Lipinski definition) is 1. The van der Waals surface area contributed by atoms with Crippen molar-refractivity contribution < 1.29 is 0 Å². The number of rotatable bonds is 4. The molecule has 1 aliphatic heterocycles. The van der Waals surface area contributed by atoms with Crippen LogP contribution >= 0.6 is 15.9 Å². The van der Waals surface area contributed by atoms with Gasteiger partial charge in [0.05, 0.1) is 0 Å². The van der Waals surface area contributed by atoms with Gasteiger partial charge < -0.3 is 5.32 Å². The molecular weight excluding hydrogens is 276 g/mol. The van der Waals surface area contributed by atoms with E-state index in [-0.39, 0.29) is 0 Å². The SMILES string of the molecule is CNCC1CCCCN1Cc1cccc(Br)c1. The van der Waals surface area contributed by atoms with Crippen molar-refractivity contribution in [1.29, 1.82) is 0 Å². The van der Waals surface area contributed by atoms with E-state index in [0.29, 0.717) is 6.04 Å². The number of halogens is 1. The molecule has 2 rings (SSSR count). The summed E-state index contributed by atoms with van der Waals surface area (Å²) in [7, 11) is 2.05. The summed E-state index contributed by atoms with van der Waals surface area (Å²) in [6, 6.07) is 9.36. The molecule has 1 aromatic rings. The molecular formula is C14H21BrN2. The van der Waals surface area contributed by atoms with E-state index in [1.807, 2.05) is 7.05 Å². The molecule has 0 aromatic heterocycles. The second-order valence-corrected chi connectivity index (χ2v) is 5.72. The summed E-state index contributed by atoms with van der Waals surface area (Å²) in [6.07, 6.45) is 4.05. The van der Waals surface area contributed by atoms with Gasteiger partial charge in [0.15, 0.2) is 0 Å². The quantitative estimate of drug-likeness (QED) is 0.919. The molecule has 0 aliphatic carbocycles. The lowest BCUT2D eigenvalue weighted by Gasteiger charge is -2.35. The molecule has 1 fully saturated rings. The summed E-state index contributed by atoms with van der Waals surface area (Å²) in [5.74, 6) is 0. The van der Waals surface area contributed by atoms with Gasteiger partial charge in [-0.1, -0.05) is 34.5 Å². The normalized spacial score (nSPS) is 21.6. The van der Waals surface area contributed by atoms with Crippen LogP contribution in [0.5, 0.6) is 0 Å². The van der Waals surface area contributed by atoms with Crippen molar-refractivity contribution in [3.63, 3.8) is 0 Å². The van der Waals surface area contributed by atoms with Crippen LogP contribution in [0.1, 0.15) is 24.8 Å². The number of hydrogen-bond acceptors (Lipinski definition) is 2. The van der Waals surface area contributed by atoms with Gasteiger partial charge in [0.25, 0.3) is 0 Å². The lowest BCUT2D eigenvalue weighted by atomic mass is 10.0. The lowest BCUT2D eigenvalue weighted by Crippen LogP contribution is -2.44. The first-order valence-corrected chi connectivity index (χ1v) is 7.22. The fraction of sp³-hybridized carbons (Fsp3) is 0.571. The maximum atomic E-state index is 3.54. The highest BCUT2D eigenvalue weighted by Crippen LogP contribution is 2.20. The van der Waals surface area contributed by atoms with E-state index >= 15 is 0 Å². The monoisotopic (exact) mass is 296 g/mol. The summed E-state index contributed by atoms with van der Waals surface area (Å²) >= 11 is 3.54. The van der Waals surface area contributed by atoms with E-state index in [2.05, 4.69) is 50.4 Å². The van der Waals surface area contributed by atoms with Crippen LogP contribution < -0.4 is 5.32 Å². The molecule has 0 amide bonds. The van der Waals surface area contributed by atoms with Crippen molar-refractivity contribution in [3.8, 4) is 0 Å². The molecule has 17 heavy (non-hydrogen) atoms. The second-order valence-electron chi connectivity index (χ2n) is 4.81. The molecule has 1 atom stereocenters. The Hall–Kier alpha value is -0.380. The van der Waals surface area contributed by atoms with E-state index in [0.717, 1.165) is 13.1 Å². The third kappa shape index (κ3) is 3.80. The second kappa shape index (κ2) is 6.53. The first-order valence-electron chi connectivity index (χ1n) is 6.42. The van der Waals surface area contributed by atoms with Gasteiger partial charge >= 0.3 is 0 Å². The first-order chi connectivity index (χ1) is 8.29. The van der Waals surface area contributed by atoms with Gasteiger partial charge in [-0.25, -0.2) is 0 Å². The van der Waals surface area contributed by atoms with Crippen molar-refractivity contribution in [2.75, 3.05) is 20.1 Å². The minimum absolute atomic E-state index is 0.702. The highest BCUT2D eigenvalue weighted by Gasteiger charge is 2.21. The zero-order chi connectivity index (χ0) is 12.1. The van der Waals surface area contributed by atoms with Crippen LogP contribution in [-0.4, -0.2) is 31.1 Å². The summed E-state index contributed by atoms with van der Waals surface area (Å²) in [6.45, 7) is 3.42. The van der Waals surface area contributed by atoms with Crippen LogP contribution in [0.4, 0.5) is 0 Å². The third-order valence-electron chi connectivity index (χ3n) is 3.46. The summed E-state index contributed by atoms with van der Waals surface area (Å²) in [4.78, 5) is 2.61. The Balaban J connectivity index is 2.00. The minimum atomic E-state index is 0.702. The van der Waals surface area contributed by atoms with E-state index < -0.39 is 0 Å². The van der Waals surface area contributed by atoms with E-state index in [9.17, 15) is 0 Å². The molecule has 0 spiro atoms. The molecule has 0 radical (unpaired) electrons. The van der Waals surface area contributed by atoms with Crippen LogP contribution in [0, 0.1) is 0 Å². The van der Waals surface area contributed by atoms with Crippen molar-refractivity contribution >= 4 is 15.9 Å². The molecule has 1 heterocycles. The van der Waals surface area contributed by atoms with Crippen molar-refractivity contribution in [3.05, 3.63) is 34.3 Å². The number of likely N-dealkylation sites (tertiary alicyclic amines) is 1. The third-order valence-corrected chi connectivity index (χ3v) is 3.96. The zero-order valence-corrected chi connectivity index (χ0v) is 12.0. The Morgan fingerprint density at radius 1 is 1.41 bits per heavy atom. The molecule has 3 heteroatoms. The zero-order valence-electron chi connectivity index (χ0n) is 10.5.